The lowest BCUT2D eigenvalue weighted by atomic mass is 10.1. The van der Waals surface area contributed by atoms with Crippen LogP contribution < -0.4 is 10.6 Å². The third kappa shape index (κ3) is 4.13. The lowest BCUT2D eigenvalue weighted by molar-refractivity contribution is -0.113. The van der Waals surface area contributed by atoms with E-state index in [1.165, 1.54) is 11.8 Å². The van der Waals surface area contributed by atoms with Crippen molar-refractivity contribution in [2.24, 2.45) is 7.05 Å². The number of nitrogens with one attached hydrogen (secondary N) is 2. The Morgan fingerprint density at radius 3 is 2.83 bits per heavy atom. The van der Waals surface area contributed by atoms with E-state index in [-0.39, 0.29) is 23.6 Å². The van der Waals surface area contributed by atoms with Gasteiger partial charge >= 0.3 is 0 Å². The summed E-state index contributed by atoms with van der Waals surface area (Å²) < 4.78 is 1.86. The topological polar surface area (TPSA) is 76.0 Å². The second kappa shape index (κ2) is 6.87. The van der Waals surface area contributed by atoms with Crippen LogP contribution in [0.4, 0.5) is 5.69 Å². The minimum absolute atomic E-state index is 0.139. The minimum atomic E-state index is -0.162. The van der Waals surface area contributed by atoms with Crippen LogP contribution >= 0.6 is 11.8 Å². The Balaban J connectivity index is 1.61. The number of carbonyl (C=O) groups is 2. The van der Waals surface area contributed by atoms with Gasteiger partial charge in [0.05, 0.1) is 17.0 Å². The number of para-hydroxylation sites is 1. The number of nitrogens with zero attached hydrogens (tertiary/aromatic N) is 2. The van der Waals surface area contributed by atoms with E-state index in [1.54, 1.807) is 30.5 Å². The second-order valence-corrected chi connectivity index (χ2v) is 6.39. The second-order valence-electron chi connectivity index (χ2n) is 5.45. The summed E-state index contributed by atoms with van der Waals surface area (Å²) in [6, 6.07) is 7.34. The summed E-state index contributed by atoms with van der Waals surface area (Å²) in [5.41, 5.74) is 1.03. The summed E-state index contributed by atoms with van der Waals surface area (Å²) in [6.07, 6.45) is 5.58. The predicted octanol–water partition coefficient (Wildman–Crippen LogP) is 2.04. The number of hydrogen-bond acceptors (Lipinski definition) is 4. The Morgan fingerprint density at radius 2 is 2.13 bits per heavy atom. The number of amides is 2. The van der Waals surface area contributed by atoms with Crippen LogP contribution in [-0.4, -0.2) is 33.2 Å². The fourth-order valence-electron chi connectivity index (χ4n) is 2.09. The van der Waals surface area contributed by atoms with Crippen molar-refractivity contribution in [3.05, 3.63) is 42.2 Å². The SMILES string of the molecule is Cn1ccnc1SCC(=O)Nc1ccccc1C(=O)NC1CC1. The average molecular weight is 330 g/mol. The monoisotopic (exact) mass is 330 g/mol. The molecule has 7 heteroatoms. The van der Waals surface area contributed by atoms with E-state index in [9.17, 15) is 9.59 Å². The first kappa shape index (κ1) is 15.6. The van der Waals surface area contributed by atoms with Crippen LogP contribution in [0, 0.1) is 0 Å². The van der Waals surface area contributed by atoms with Crippen molar-refractivity contribution in [1.29, 1.82) is 0 Å². The maximum Gasteiger partial charge on any atom is 0.253 e. The van der Waals surface area contributed by atoms with Crippen molar-refractivity contribution in [2.75, 3.05) is 11.1 Å². The van der Waals surface area contributed by atoms with Gasteiger partial charge in [0.2, 0.25) is 5.91 Å². The molecule has 3 rings (SSSR count). The van der Waals surface area contributed by atoms with Gasteiger partial charge in [-0.25, -0.2) is 4.98 Å². The average Bonchev–Trinajstić information content (AvgIpc) is 3.25. The first-order chi connectivity index (χ1) is 11.1. The van der Waals surface area contributed by atoms with Crippen LogP contribution in [0.2, 0.25) is 0 Å². The Kier molecular flexibility index (Phi) is 4.66. The smallest absolute Gasteiger partial charge is 0.253 e. The molecule has 1 aromatic carbocycles. The van der Waals surface area contributed by atoms with E-state index in [2.05, 4.69) is 15.6 Å². The van der Waals surface area contributed by atoms with Crippen LogP contribution in [0.1, 0.15) is 23.2 Å². The van der Waals surface area contributed by atoms with Gasteiger partial charge in [0.15, 0.2) is 5.16 Å². The largest absolute Gasteiger partial charge is 0.349 e. The number of aromatic nitrogens is 2. The summed E-state index contributed by atoms with van der Waals surface area (Å²) in [5.74, 6) is -0.0616. The molecule has 0 bridgehead atoms. The molecule has 1 heterocycles. The first-order valence-corrected chi connectivity index (χ1v) is 8.42. The van der Waals surface area contributed by atoms with Gasteiger partial charge in [-0.3, -0.25) is 9.59 Å². The number of anilines is 1. The summed E-state index contributed by atoms with van der Waals surface area (Å²) in [6.45, 7) is 0. The van der Waals surface area contributed by atoms with E-state index < -0.39 is 0 Å². The van der Waals surface area contributed by atoms with E-state index >= 15 is 0 Å². The van der Waals surface area contributed by atoms with E-state index in [4.69, 9.17) is 0 Å². The third-order valence-corrected chi connectivity index (χ3v) is 4.53. The summed E-state index contributed by atoms with van der Waals surface area (Å²) >= 11 is 1.36. The molecule has 1 aliphatic rings. The molecule has 0 unspecified atom stereocenters. The Labute approximate surface area is 138 Å². The van der Waals surface area contributed by atoms with E-state index in [1.807, 2.05) is 17.8 Å². The molecule has 0 saturated heterocycles. The quantitative estimate of drug-likeness (QED) is 0.795. The van der Waals surface area contributed by atoms with Gasteiger partial charge in [0, 0.05) is 25.5 Å². The Hall–Kier alpha value is -2.28. The molecule has 2 amide bonds. The molecular weight excluding hydrogens is 312 g/mol. The molecule has 6 nitrogen and oxygen atoms in total. The normalized spacial score (nSPS) is 13.6. The maximum atomic E-state index is 12.2. The molecule has 23 heavy (non-hydrogen) atoms. The molecule has 0 aliphatic heterocycles. The van der Waals surface area contributed by atoms with Gasteiger partial charge in [-0.1, -0.05) is 23.9 Å². The van der Waals surface area contributed by atoms with Crippen LogP contribution in [0.25, 0.3) is 0 Å². The zero-order valence-electron chi connectivity index (χ0n) is 12.8. The lowest BCUT2D eigenvalue weighted by Crippen LogP contribution is -2.27. The Morgan fingerprint density at radius 1 is 1.35 bits per heavy atom. The van der Waals surface area contributed by atoms with Gasteiger partial charge in [-0.05, 0) is 25.0 Å². The van der Waals surface area contributed by atoms with Crippen molar-refractivity contribution in [1.82, 2.24) is 14.9 Å². The van der Waals surface area contributed by atoms with Gasteiger partial charge < -0.3 is 15.2 Å². The zero-order chi connectivity index (χ0) is 16.2. The van der Waals surface area contributed by atoms with Crippen molar-refractivity contribution >= 4 is 29.3 Å². The molecule has 0 atom stereocenters. The fraction of sp³-hybridized carbons (Fsp3) is 0.312. The number of hydrogen-bond donors (Lipinski definition) is 2. The van der Waals surface area contributed by atoms with Gasteiger partial charge in [0.25, 0.3) is 5.91 Å². The summed E-state index contributed by atoms with van der Waals surface area (Å²) in [4.78, 5) is 28.5. The van der Waals surface area contributed by atoms with E-state index in [0.29, 0.717) is 11.3 Å². The molecular formula is C16H18N4O2S. The van der Waals surface area contributed by atoms with Crippen LogP contribution in [0.3, 0.4) is 0 Å². The molecule has 0 radical (unpaired) electrons. The number of thioether (sulfide) groups is 1. The highest BCUT2D eigenvalue weighted by Gasteiger charge is 2.25. The molecule has 120 valence electrons. The number of imidazole rings is 1. The van der Waals surface area contributed by atoms with Gasteiger partial charge in [-0.2, -0.15) is 0 Å². The van der Waals surface area contributed by atoms with Crippen molar-refractivity contribution < 1.29 is 9.59 Å². The number of aryl methyl sites for hydroxylation is 1. The molecule has 1 aliphatic carbocycles. The number of benzene rings is 1. The third-order valence-electron chi connectivity index (χ3n) is 3.47. The minimum Gasteiger partial charge on any atom is -0.349 e. The van der Waals surface area contributed by atoms with Crippen molar-refractivity contribution in [3.8, 4) is 0 Å². The zero-order valence-corrected chi connectivity index (χ0v) is 13.6. The van der Waals surface area contributed by atoms with E-state index in [0.717, 1.165) is 18.0 Å². The van der Waals surface area contributed by atoms with Crippen molar-refractivity contribution in [2.45, 2.75) is 24.0 Å². The number of carbonyl (C=O) groups excluding carboxylic acids is 2. The standard InChI is InChI=1S/C16H18N4O2S/c1-20-9-8-17-16(20)23-10-14(21)19-13-5-3-2-4-12(13)15(22)18-11-6-7-11/h2-5,8-9,11H,6-7,10H2,1H3,(H,18,22)(H,19,21). The highest BCUT2D eigenvalue weighted by molar-refractivity contribution is 7.99. The summed E-state index contributed by atoms with van der Waals surface area (Å²) in [5, 5.41) is 6.52. The lowest BCUT2D eigenvalue weighted by Gasteiger charge is -2.11. The molecule has 1 fully saturated rings. The first-order valence-electron chi connectivity index (χ1n) is 7.43. The highest BCUT2D eigenvalue weighted by Crippen LogP contribution is 2.22. The van der Waals surface area contributed by atoms with Crippen LogP contribution in [-0.2, 0) is 11.8 Å². The van der Waals surface area contributed by atoms with Gasteiger partial charge in [0.1, 0.15) is 0 Å². The Bertz CT molecular complexity index is 724. The molecule has 1 aromatic heterocycles. The highest BCUT2D eigenvalue weighted by atomic mass is 32.2. The fourth-order valence-corrected chi connectivity index (χ4v) is 2.82. The molecule has 0 spiro atoms. The number of rotatable bonds is 6. The predicted molar refractivity (Wildman–Crippen MR) is 89.5 cm³/mol. The van der Waals surface area contributed by atoms with Crippen LogP contribution in [0.5, 0.6) is 0 Å². The van der Waals surface area contributed by atoms with Crippen LogP contribution in [0.15, 0.2) is 41.8 Å². The molecule has 1 saturated carbocycles. The maximum absolute atomic E-state index is 12.2. The summed E-state index contributed by atoms with van der Waals surface area (Å²) in [7, 11) is 1.88. The van der Waals surface area contributed by atoms with Crippen molar-refractivity contribution in [3.63, 3.8) is 0 Å². The van der Waals surface area contributed by atoms with Gasteiger partial charge in [-0.15, -0.1) is 0 Å². The molecule has 2 aromatic rings. The molecule has 2 N–H and O–H groups in total.